The van der Waals surface area contributed by atoms with Crippen LogP contribution in [0.4, 0.5) is 5.69 Å². The summed E-state index contributed by atoms with van der Waals surface area (Å²) in [6, 6.07) is 12.6. The van der Waals surface area contributed by atoms with E-state index >= 15 is 0 Å². The van der Waals surface area contributed by atoms with Gasteiger partial charge in [0.2, 0.25) is 0 Å². The number of nitrogens with zero attached hydrogens (tertiary/aromatic N) is 1. The first kappa shape index (κ1) is 17.7. The summed E-state index contributed by atoms with van der Waals surface area (Å²) >= 11 is 7.49. The molecule has 0 spiro atoms. The quantitative estimate of drug-likeness (QED) is 0.828. The zero-order valence-corrected chi connectivity index (χ0v) is 16.4. The zero-order valence-electron chi connectivity index (χ0n) is 14.0. The van der Waals surface area contributed by atoms with E-state index < -0.39 is 9.84 Å². The van der Waals surface area contributed by atoms with Crippen LogP contribution in [-0.2, 0) is 9.84 Å². The lowest BCUT2D eigenvalue weighted by atomic mass is 10.2. The van der Waals surface area contributed by atoms with Crippen molar-refractivity contribution in [3.05, 3.63) is 53.1 Å². The molecule has 0 aromatic heterocycles. The number of rotatable bonds is 3. The number of fused-ring (bicyclic) bond motifs is 1. The normalized spacial score (nSPS) is 23.9. The molecule has 136 valence electrons. The topological polar surface area (TPSA) is 70.5 Å². The summed E-state index contributed by atoms with van der Waals surface area (Å²) in [7, 11) is -3.09. The number of hydrogen-bond acceptors (Lipinski definition) is 5. The molecule has 26 heavy (non-hydrogen) atoms. The molecule has 2 atom stereocenters. The van der Waals surface area contributed by atoms with Gasteiger partial charge in [0.1, 0.15) is 5.75 Å². The van der Waals surface area contributed by atoms with E-state index in [1.807, 2.05) is 31.2 Å². The first-order chi connectivity index (χ1) is 12.3. The molecule has 2 aliphatic rings. The largest absolute Gasteiger partial charge is 0.455 e. The van der Waals surface area contributed by atoms with Gasteiger partial charge in [-0.25, -0.2) is 8.42 Å². The maximum Gasteiger partial charge on any atom is 0.161 e. The van der Waals surface area contributed by atoms with E-state index in [0.717, 1.165) is 5.56 Å². The Morgan fingerprint density at radius 3 is 2.81 bits per heavy atom. The van der Waals surface area contributed by atoms with Crippen LogP contribution >= 0.6 is 23.4 Å². The average Bonchev–Trinajstić information content (AvgIpc) is 2.99. The molecule has 8 heteroatoms. The van der Waals surface area contributed by atoms with Crippen molar-refractivity contribution < 1.29 is 13.2 Å². The van der Waals surface area contributed by atoms with E-state index in [1.165, 1.54) is 11.8 Å². The van der Waals surface area contributed by atoms with Crippen molar-refractivity contribution in [3.63, 3.8) is 0 Å². The summed E-state index contributed by atoms with van der Waals surface area (Å²) < 4.78 is 30.1. The fourth-order valence-corrected chi connectivity index (χ4v) is 7.31. The van der Waals surface area contributed by atoms with E-state index in [1.54, 1.807) is 23.1 Å². The average molecular weight is 409 g/mol. The van der Waals surface area contributed by atoms with Gasteiger partial charge < -0.3 is 9.64 Å². The van der Waals surface area contributed by atoms with Crippen LogP contribution < -0.4 is 9.64 Å². The number of nitrogens with one attached hydrogen (secondary N) is 1. The van der Waals surface area contributed by atoms with Crippen LogP contribution in [0.1, 0.15) is 5.56 Å². The molecule has 2 aromatic carbocycles. The van der Waals surface area contributed by atoms with Crippen molar-refractivity contribution in [2.45, 2.75) is 18.2 Å². The molecule has 0 aliphatic carbocycles. The molecule has 5 nitrogen and oxygen atoms in total. The SMILES string of the molecule is Cc1cccc(Oc2ccc(Cl)cc2N2C(=N)SC3CS(=O)(=O)CC32)c1. The summed E-state index contributed by atoms with van der Waals surface area (Å²) in [4.78, 5) is 1.75. The maximum atomic E-state index is 12.0. The minimum absolute atomic E-state index is 0.0451. The monoisotopic (exact) mass is 408 g/mol. The third kappa shape index (κ3) is 3.31. The second-order valence-corrected chi connectivity index (χ2v) is 10.3. The first-order valence-electron chi connectivity index (χ1n) is 8.11. The van der Waals surface area contributed by atoms with Crippen molar-refractivity contribution in [3.8, 4) is 11.5 Å². The lowest BCUT2D eigenvalue weighted by molar-refractivity contribution is 0.481. The van der Waals surface area contributed by atoms with E-state index in [-0.39, 0.29) is 22.8 Å². The van der Waals surface area contributed by atoms with Gasteiger partial charge in [0.15, 0.2) is 20.8 Å². The van der Waals surface area contributed by atoms with Gasteiger partial charge in [0, 0.05) is 10.3 Å². The number of amidine groups is 1. The lowest BCUT2D eigenvalue weighted by Crippen LogP contribution is -2.37. The molecule has 2 fully saturated rings. The van der Waals surface area contributed by atoms with Crippen molar-refractivity contribution in [2.24, 2.45) is 0 Å². The summed E-state index contributed by atoms with van der Waals surface area (Å²) in [6.07, 6.45) is 0. The second kappa shape index (κ2) is 6.48. The van der Waals surface area contributed by atoms with Gasteiger partial charge in [-0.1, -0.05) is 35.5 Å². The minimum Gasteiger partial charge on any atom is -0.455 e. The number of ether oxygens (including phenoxy) is 1. The van der Waals surface area contributed by atoms with Gasteiger partial charge in [-0.2, -0.15) is 0 Å². The molecule has 0 bridgehead atoms. The van der Waals surface area contributed by atoms with Crippen LogP contribution in [0.2, 0.25) is 5.02 Å². The lowest BCUT2D eigenvalue weighted by Gasteiger charge is -2.26. The highest BCUT2D eigenvalue weighted by Gasteiger charge is 2.49. The Morgan fingerprint density at radius 2 is 2.04 bits per heavy atom. The van der Waals surface area contributed by atoms with Gasteiger partial charge in [-0.05, 0) is 42.8 Å². The number of halogens is 1. The van der Waals surface area contributed by atoms with Gasteiger partial charge in [0.25, 0.3) is 0 Å². The molecule has 2 aromatic rings. The summed E-state index contributed by atoms with van der Waals surface area (Å²) in [5.74, 6) is 1.39. The van der Waals surface area contributed by atoms with Gasteiger partial charge in [-0.3, -0.25) is 5.41 Å². The molecule has 2 unspecified atom stereocenters. The Kier molecular flexibility index (Phi) is 4.41. The molecule has 2 saturated heterocycles. The van der Waals surface area contributed by atoms with Gasteiger partial charge in [-0.15, -0.1) is 0 Å². The highest BCUT2D eigenvalue weighted by molar-refractivity contribution is 8.15. The van der Waals surface area contributed by atoms with E-state index in [0.29, 0.717) is 27.4 Å². The molecule has 0 amide bonds. The van der Waals surface area contributed by atoms with Crippen molar-refractivity contribution >= 4 is 44.1 Å². The van der Waals surface area contributed by atoms with Gasteiger partial charge >= 0.3 is 0 Å². The molecule has 2 aliphatic heterocycles. The Balaban J connectivity index is 1.74. The van der Waals surface area contributed by atoms with E-state index in [2.05, 4.69) is 0 Å². The third-order valence-corrected chi connectivity index (χ3v) is 7.85. The fraction of sp³-hybridized carbons (Fsp3) is 0.278. The molecule has 4 rings (SSSR count). The first-order valence-corrected chi connectivity index (χ1v) is 11.2. The number of thioether (sulfide) groups is 1. The third-order valence-electron chi connectivity index (χ3n) is 4.48. The number of sulfone groups is 1. The van der Waals surface area contributed by atoms with Crippen LogP contribution in [0.3, 0.4) is 0 Å². The summed E-state index contributed by atoms with van der Waals surface area (Å²) in [6.45, 7) is 1.98. The van der Waals surface area contributed by atoms with Crippen LogP contribution in [0.5, 0.6) is 11.5 Å². The minimum atomic E-state index is -3.09. The maximum absolute atomic E-state index is 12.0. The summed E-state index contributed by atoms with van der Waals surface area (Å²) in [5, 5.41) is 9.06. The van der Waals surface area contributed by atoms with Crippen LogP contribution in [-0.4, -0.2) is 36.4 Å². The number of anilines is 1. The predicted molar refractivity (Wildman–Crippen MR) is 107 cm³/mol. The zero-order chi connectivity index (χ0) is 18.5. The molecule has 0 saturated carbocycles. The second-order valence-electron chi connectivity index (χ2n) is 6.51. The van der Waals surface area contributed by atoms with Crippen LogP contribution in [0, 0.1) is 12.3 Å². The fourth-order valence-electron chi connectivity index (χ4n) is 3.36. The number of aryl methyl sites for hydroxylation is 1. The summed E-state index contributed by atoms with van der Waals surface area (Å²) in [5.41, 5.74) is 1.70. The molecule has 0 radical (unpaired) electrons. The number of hydrogen-bond donors (Lipinski definition) is 1. The highest BCUT2D eigenvalue weighted by Crippen LogP contribution is 2.45. The Hall–Kier alpha value is -1.70. The molecule has 1 N–H and O–H groups in total. The Morgan fingerprint density at radius 1 is 1.23 bits per heavy atom. The number of benzene rings is 2. The standard InChI is InChI=1S/C18H17ClN2O3S2/c1-11-3-2-4-13(7-11)24-16-6-5-12(19)8-14(16)21-15-9-26(22,23)10-17(15)25-18(21)20/h2-8,15,17,20H,9-10H2,1H3. The molecular weight excluding hydrogens is 392 g/mol. The molecular formula is C18H17ClN2O3S2. The van der Waals surface area contributed by atoms with Crippen molar-refractivity contribution in [2.75, 3.05) is 16.4 Å². The smallest absolute Gasteiger partial charge is 0.161 e. The van der Waals surface area contributed by atoms with Crippen LogP contribution in [0.15, 0.2) is 42.5 Å². The van der Waals surface area contributed by atoms with Gasteiger partial charge in [0.05, 0.1) is 23.2 Å². The predicted octanol–water partition coefficient (Wildman–Crippen LogP) is 4.09. The van der Waals surface area contributed by atoms with Crippen molar-refractivity contribution in [1.29, 1.82) is 5.41 Å². The Labute approximate surface area is 161 Å². The highest BCUT2D eigenvalue weighted by atomic mass is 35.5. The van der Waals surface area contributed by atoms with E-state index in [4.69, 9.17) is 21.7 Å². The Bertz CT molecular complexity index is 994. The van der Waals surface area contributed by atoms with Crippen molar-refractivity contribution in [1.82, 2.24) is 0 Å². The van der Waals surface area contributed by atoms with E-state index in [9.17, 15) is 8.42 Å². The van der Waals surface area contributed by atoms with Crippen LogP contribution in [0.25, 0.3) is 0 Å². The molecule has 2 heterocycles.